The van der Waals surface area contributed by atoms with Crippen molar-refractivity contribution in [3.63, 3.8) is 0 Å². The molecule has 0 bridgehead atoms. The summed E-state index contributed by atoms with van der Waals surface area (Å²) in [4.78, 5) is 12.1. The van der Waals surface area contributed by atoms with Crippen molar-refractivity contribution in [2.75, 3.05) is 22.4 Å². The lowest BCUT2D eigenvalue weighted by atomic mass is 10.1. The summed E-state index contributed by atoms with van der Waals surface area (Å²) in [6, 6.07) is 11.6. The Kier molecular flexibility index (Phi) is 4.76. The molecule has 1 aliphatic heterocycles. The molecule has 0 saturated carbocycles. The van der Waals surface area contributed by atoms with Gasteiger partial charge in [0.25, 0.3) is 0 Å². The van der Waals surface area contributed by atoms with Gasteiger partial charge in [-0.3, -0.25) is 9.10 Å². The molecule has 2 aromatic rings. The highest BCUT2D eigenvalue weighted by Gasteiger charge is 2.26. The van der Waals surface area contributed by atoms with E-state index < -0.39 is 10.0 Å². The maximum absolute atomic E-state index is 13.6. The molecule has 25 heavy (non-hydrogen) atoms. The number of nitrogens with zero attached hydrogens (tertiary/aromatic N) is 1. The molecule has 0 saturated heterocycles. The molecule has 0 aromatic heterocycles. The minimum absolute atomic E-state index is 0.174. The van der Waals surface area contributed by atoms with Crippen LogP contribution < -0.4 is 9.62 Å². The number of carbonyl (C=O) groups is 1. The Labute approximate surface area is 146 Å². The van der Waals surface area contributed by atoms with Crippen molar-refractivity contribution in [2.45, 2.75) is 19.3 Å². The number of amides is 1. The number of sulfonamides is 1. The van der Waals surface area contributed by atoms with Gasteiger partial charge in [0.15, 0.2) is 0 Å². The van der Waals surface area contributed by atoms with Crippen LogP contribution in [-0.4, -0.2) is 27.1 Å². The van der Waals surface area contributed by atoms with Crippen LogP contribution in [0.15, 0.2) is 42.5 Å². The minimum Gasteiger partial charge on any atom is -0.326 e. The van der Waals surface area contributed by atoms with Crippen LogP contribution in [0.5, 0.6) is 0 Å². The molecular weight excluding hydrogens is 343 g/mol. The number of benzene rings is 2. The quantitative estimate of drug-likeness (QED) is 0.889. The van der Waals surface area contributed by atoms with Crippen molar-refractivity contribution in [1.29, 1.82) is 0 Å². The van der Waals surface area contributed by atoms with Crippen LogP contribution in [0.25, 0.3) is 0 Å². The Morgan fingerprint density at radius 2 is 2.00 bits per heavy atom. The lowest BCUT2D eigenvalue weighted by molar-refractivity contribution is -0.116. The van der Waals surface area contributed by atoms with E-state index in [0.717, 1.165) is 5.56 Å². The Bertz CT molecular complexity index is 912. The van der Waals surface area contributed by atoms with Gasteiger partial charge in [-0.15, -0.1) is 0 Å². The normalized spacial score (nSPS) is 13.6. The molecule has 1 N–H and O–H groups in total. The molecule has 1 amide bonds. The van der Waals surface area contributed by atoms with Gasteiger partial charge in [0.05, 0.1) is 11.9 Å². The predicted molar refractivity (Wildman–Crippen MR) is 95.7 cm³/mol. The number of carbonyl (C=O) groups excluding carboxylic acids is 1. The summed E-state index contributed by atoms with van der Waals surface area (Å²) in [6.07, 6.45) is 2.29. The summed E-state index contributed by atoms with van der Waals surface area (Å²) >= 11 is 0. The molecular formula is C18H19FN2O3S. The van der Waals surface area contributed by atoms with Crippen LogP contribution in [0.3, 0.4) is 0 Å². The fourth-order valence-electron chi connectivity index (χ4n) is 2.97. The first kappa shape index (κ1) is 17.4. The third-order valence-electron chi connectivity index (χ3n) is 4.20. The molecule has 0 spiro atoms. The van der Waals surface area contributed by atoms with Crippen LogP contribution in [0, 0.1) is 5.82 Å². The zero-order chi connectivity index (χ0) is 18.0. The van der Waals surface area contributed by atoms with E-state index in [1.165, 1.54) is 16.6 Å². The monoisotopic (exact) mass is 362 g/mol. The second-order valence-corrected chi connectivity index (χ2v) is 7.98. The average Bonchev–Trinajstić information content (AvgIpc) is 2.97. The molecule has 0 fully saturated rings. The molecule has 7 heteroatoms. The van der Waals surface area contributed by atoms with Crippen LogP contribution >= 0.6 is 0 Å². The smallest absolute Gasteiger partial charge is 0.232 e. The van der Waals surface area contributed by atoms with E-state index in [1.54, 1.807) is 36.4 Å². The van der Waals surface area contributed by atoms with Crippen molar-refractivity contribution in [3.8, 4) is 0 Å². The van der Waals surface area contributed by atoms with Gasteiger partial charge < -0.3 is 5.32 Å². The lowest BCUT2D eigenvalue weighted by Crippen LogP contribution is -2.27. The molecule has 0 unspecified atom stereocenters. The Morgan fingerprint density at radius 3 is 2.72 bits per heavy atom. The number of anilines is 2. The molecule has 0 atom stereocenters. The summed E-state index contributed by atoms with van der Waals surface area (Å²) in [5.74, 6) is -0.519. The van der Waals surface area contributed by atoms with E-state index in [2.05, 4.69) is 5.32 Å². The molecule has 0 radical (unpaired) electrons. The predicted octanol–water partition coefficient (Wildman–Crippen LogP) is 2.72. The van der Waals surface area contributed by atoms with E-state index in [0.29, 0.717) is 36.3 Å². The number of hydrogen-bond donors (Lipinski definition) is 1. The topological polar surface area (TPSA) is 66.5 Å². The highest BCUT2D eigenvalue weighted by Crippen LogP contribution is 2.32. The van der Waals surface area contributed by atoms with E-state index in [-0.39, 0.29) is 18.1 Å². The van der Waals surface area contributed by atoms with Gasteiger partial charge >= 0.3 is 0 Å². The summed E-state index contributed by atoms with van der Waals surface area (Å²) in [5, 5.41) is 2.79. The maximum atomic E-state index is 13.6. The van der Waals surface area contributed by atoms with Crippen molar-refractivity contribution >= 4 is 27.3 Å². The molecule has 5 nitrogen and oxygen atoms in total. The number of halogens is 1. The number of fused-ring (bicyclic) bond motifs is 1. The summed E-state index contributed by atoms with van der Waals surface area (Å²) in [7, 11) is -3.28. The van der Waals surface area contributed by atoms with Gasteiger partial charge in [0, 0.05) is 18.7 Å². The van der Waals surface area contributed by atoms with Crippen molar-refractivity contribution in [3.05, 3.63) is 59.4 Å². The highest BCUT2D eigenvalue weighted by atomic mass is 32.2. The van der Waals surface area contributed by atoms with Crippen molar-refractivity contribution in [2.24, 2.45) is 0 Å². The molecule has 3 rings (SSSR count). The number of rotatable bonds is 5. The maximum Gasteiger partial charge on any atom is 0.232 e. The molecule has 1 aliphatic rings. The summed E-state index contributed by atoms with van der Waals surface area (Å²) in [6.45, 7) is 0.416. The van der Waals surface area contributed by atoms with Gasteiger partial charge in [-0.05, 0) is 48.2 Å². The largest absolute Gasteiger partial charge is 0.326 e. The first-order valence-corrected chi connectivity index (χ1v) is 9.83. The highest BCUT2D eigenvalue weighted by molar-refractivity contribution is 7.92. The number of nitrogens with one attached hydrogen (secondary N) is 1. The van der Waals surface area contributed by atoms with Crippen molar-refractivity contribution in [1.82, 2.24) is 0 Å². The molecule has 1 heterocycles. The zero-order valence-electron chi connectivity index (χ0n) is 13.8. The van der Waals surface area contributed by atoms with E-state index in [1.807, 2.05) is 0 Å². The van der Waals surface area contributed by atoms with Crippen LogP contribution in [0.1, 0.15) is 17.5 Å². The minimum atomic E-state index is -3.28. The third-order valence-corrected chi connectivity index (χ3v) is 5.38. The number of hydrogen-bond acceptors (Lipinski definition) is 3. The molecule has 0 aliphatic carbocycles. The zero-order valence-corrected chi connectivity index (χ0v) is 14.6. The second-order valence-electron chi connectivity index (χ2n) is 6.07. The van der Waals surface area contributed by atoms with Gasteiger partial charge in [0.2, 0.25) is 15.9 Å². The molecule has 2 aromatic carbocycles. The lowest BCUT2D eigenvalue weighted by Gasteiger charge is -2.16. The third kappa shape index (κ3) is 3.99. The Morgan fingerprint density at radius 1 is 1.24 bits per heavy atom. The first-order valence-electron chi connectivity index (χ1n) is 7.98. The fraction of sp³-hybridized carbons (Fsp3) is 0.278. The summed E-state index contributed by atoms with van der Waals surface area (Å²) < 4.78 is 38.4. The first-order chi connectivity index (χ1) is 11.8. The van der Waals surface area contributed by atoms with Crippen LogP contribution in [0.4, 0.5) is 15.8 Å². The van der Waals surface area contributed by atoms with E-state index in [9.17, 15) is 17.6 Å². The van der Waals surface area contributed by atoms with Gasteiger partial charge in [-0.1, -0.05) is 18.2 Å². The standard InChI is InChI=1S/C18H19FN2O3S/c1-25(23,24)21-11-10-14-12-15(7-8-17(14)21)20-18(22)9-6-13-4-2-3-5-16(13)19/h2-5,7-8,12H,6,9-11H2,1H3,(H,20,22). The van der Waals surface area contributed by atoms with E-state index in [4.69, 9.17) is 0 Å². The second kappa shape index (κ2) is 6.84. The fourth-order valence-corrected chi connectivity index (χ4v) is 3.92. The van der Waals surface area contributed by atoms with Crippen LogP contribution in [0.2, 0.25) is 0 Å². The summed E-state index contributed by atoms with van der Waals surface area (Å²) in [5.41, 5.74) is 2.67. The van der Waals surface area contributed by atoms with Gasteiger partial charge in [-0.25, -0.2) is 12.8 Å². The Balaban J connectivity index is 1.64. The van der Waals surface area contributed by atoms with Gasteiger partial charge in [0.1, 0.15) is 5.82 Å². The SMILES string of the molecule is CS(=O)(=O)N1CCc2cc(NC(=O)CCc3ccccc3F)ccc21. The molecule has 132 valence electrons. The van der Waals surface area contributed by atoms with E-state index >= 15 is 0 Å². The average molecular weight is 362 g/mol. The number of aryl methyl sites for hydroxylation is 1. The van der Waals surface area contributed by atoms with Crippen molar-refractivity contribution < 1.29 is 17.6 Å². The van der Waals surface area contributed by atoms with Gasteiger partial charge in [-0.2, -0.15) is 0 Å². The Hall–Kier alpha value is -2.41. The van der Waals surface area contributed by atoms with Crippen LogP contribution in [-0.2, 0) is 27.7 Å².